The lowest BCUT2D eigenvalue weighted by molar-refractivity contribution is -0.120. The summed E-state index contributed by atoms with van der Waals surface area (Å²) in [6.45, 7) is 0.227. The van der Waals surface area contributed by atoms with Gasteiger partial charge in [0, 0.05) is 18.4 Å². The Morgan fingerprint density at radius 1 is 1.26 bits per heavy atom. The van der Waals surface area contributed by atoms with Crippen LogP contribution in [-0.4, -0.2) is 25.3 Å². The molecule has 1 aromatic carbocycles. The van der Waals surface area contributed by atoms with E-state index in [9.17, 15) is 9.59 Å². The Balaban J connectivity index is 2.34. The molecule has 0 unspecified atom stereocenters. The van der Waals surface area contributed by atoms with E-state index in [0.29, 0.717) is 30.6 Å². The van der Waals surface area contributed by atoms with E-state index < -0.39 is 0 Å². The van der Waals surface area contributed by atoms with Crippen molar-refractivity contribution in [3.8, 4) is 18.1 Å². The zero-order chi connectivity index (χ0) is 14.1. The van der Waals surface area contributed by atoms with Gasteiger partial charge in [-0.15, -0.1) is 6.42 Å². The van der Waals surface area contributed by atoms with Crippen LogP contribution in [0.1, 0.15) is 29.6 Å². The molecule has 100 valence electrons. The number of carbonyl (C=O) groups is 2. The van der Waals surface area contributed by atoms with Crippen molar-refractivity contribution in [1.29, 1.82) is 0 Å². The number of rotatable bonds is 7. The van der Waals surface area contributed by atoms with Gasteiger partial charge in [0.25, 0.3) is 0 Å². The van der Waals surface area contributed by atoms with Gasteiger partial charge in [-0.25, -0.2) is 0 Å². The molecule has 0 aliphatic heterocycles. The molecule has 4 nitrogen and oxygen atoms in total. The number of terminal acetylenes is 1. The first-order chi connectivity index (χ1) is 9.17. The molecule has 0 aromatic heterocycles. The van der Waals surface area contributed by atoms with Gasteiger partial charge in [0.2, 0.25) is 5.91 Å². The number of ether oxygens (including phenoxy) is 1. The summed E-state index contributed by atoms with van der Waals surface area (Å²) in [6, 6.07) is 6.93. The molecule has 19 heavy (non-hydrogen) atoms. The van der Waals surface area contributed by atoms with Crippen LogP contribution in [0.2, 0.25) is 0 Å². The van der Waals surface area contributed by atoms with Gasteiger partial charge in [0.1, 0.15) is 5.75 Å². The van der Waals surface area contributed by atoms with Gasteiger partial charge in [-0.1, -0.05) is 5.92 Å². The van der Waals surface area contributed by atoms with Crippen LogP contribution in [0.25, 0.3) is 0 Å². The Kier molecular flexibility index (Phi) is 6.17. The summed E-state index contributed by atoms with van der Waals surface area (Å²) in [5, 5.41) is 2.56. The number of hydrogen-bond donors (Lipinski definition) is 1. The summed E-state index contributed by atoms with van der Waals surface area (Å²) in [5.74, 6) is 2.93. The number of ketones is 1. The predicted octanol–water partition coefficient (Wildman–Crippen LogP) is 1.80. The zero-order valence-corrected chi connectivity index (χ0v) is 10.9. The number of carbonyl (C=O) groups excluding carboxylic acids is 2. The van der Waals surface area contributed by atoms with Crippen LogP contribution in [0.5, 0.6) is 5.75 Å². The second kappa shape index (κ2) is 7.93. The van der Waals surface area contributed by atoms with Crippen molar-refractivity contribution in [1.82, 2.24) is 5.32 Å². The van der Waals surface area contributed by atoms with Gasteiger partial charge in [-0.2, -0.15) is 0 Å². The fraction of sp³-hybridized carbons (Fsp3) is 0.333. The first-order valence-corrected chi connectivity index (χ1v) is 6.04. The van der Waals surface area contributed by atoms with Crippen molar-refractivity contribution in [3.05, 3.63) is 29.8 Å². The van der Waals surface area contributed by atoms with E-state index >= 15 is 0 Å². The minimum absolute atomic E-state index is 0.0207. The van der Waals surface area contributed by atoms with Gasteiger partial charge in [-0.3, -0.25) is 9.59 Å². The van der Waals surface area contributed by atoms with Crippen molar-refractivity contribution in [2.24, 2.45) is 0 Å². The molecule has 4 heteroatoms. The summed E-state index contributed by atoms with van der Waals surface area (Å²) in [4.78, 5) is 23.1. The standard InChI is InChI=1S/C15H17NO3/c1-3-11-16-15(18)6-4-5-14(17)12-7-9-13(19-2)10-8-12/h1,7-10H,4-6,11H2,2H3,(H,16,18). The molecular weight excluding hydrogens is 242 g/mol. The average molecular weight is 259 g/mol. The fourth-order valence-electron chi connectivity index (χ4n) is 1.57. The van der Waals surface area contributed by atoms with Crippen LogP contribution in [0.3, 0.4) is 0 Å². The summed E-state index contributed by atoms with van der Waals surface area (Å²) in [5.41, 5.74) is 0.629. The molecule has 0 spiro atoms. The normalized spacial score (nSPS) is 9.47. The third kappa shape index (κ3) is 5.26. The highest BCUT2D eigenvalue weighted by Gasteiger charge is 2.07. The Labute approximate surface area is 113 Å². The third-order valence-electron chi connectivity index (χ3n) is 2.61. The highest BCUT2D eigenvalue weighted by Crippen LogP contribution is 2.13. The second-order valence-corrected chi connectivity index (χ2v) is 3.99. The quantitative estimate of drug-likeness (QED) is 0.600. The van der Waals surface area contributed by atoms with Gasteiger partial charge in [0.15, 0.2) is 5.78 Å². The van der Waals surface area contributed by atoms with Gasteiger partial charge in [-0.05, 0) is 30.7 Å². The first kappa shape index (κ1) is 14.8. The molecule has 0 aliphatic rings. The van der Waals surface area contributed by atoms with E-state index in [2.05, 4.69) is 11.2 Å². The van der Waals surface area contributed by atoms with Gasteiger partial charge in [0.05, 0.1) is 13.7 Å². The van der Waals surface area contributed by atoms with Crippen molar-refractivity contribution < 1.29 is 14.3 Å². The molecule has 0 saturated heterocycles. The molecule has 0 bridgehead atoms. The van der Waals surface area contributed by atoms with Crippen LogP contribution < -0.4 is 10.1 Å². The summed E-state index contributed by atoms with van der Waals surface area (Å²) in [7, 11) is 1.58. The molecule has 1 amide bonds. The average Bonchev–Trinajstić information content (AvgIpc) is 2.45. The molecule has 0 fully saturated rings. The molecule has 1 aromatic rings. The SMILES string of the molecule is C#CCNC(=O)CCCC(=O)c1ccc(OC)cc1. The van der Waals surface area contributed by atoms with E-state index in [0.717, 1.165) is 0 Å². The lowest BCUT2D eigenvalue weighted by Gasteiger charge is -2.03. The minimum atomic E-state index is -0.125. The molecule has 0 aliphatic carbocycles. The van der Waals surface area contributed by atoms with Crippen LogP contribution in [0.4, 0.5) is 0 Å². The molecular formula is C15H17NO3. The number of hydrogen-bond acceptors (Lipinski definition) is 3. The lowest BCUT2D eigenvalue weighted by Crippen LogP contribution is -2.23. The lowest BCUT2D eigenvalue weighted by atomic mass is 10.1. The Morgan fingerprint density at radius 2 is 1.95 bits per heavy atom. The molecule has 0 saturated carbocycles. The molecule has 0 radical (unpaired) electrons. The molecule has 0 heterocycles. The van der Waals surface area contributed by atoms with E-state index in [1.807, 2.05) is 0 Å². The van der Waals surface area contributed by atoms with Crippen molar-refractivity contribution in [2.45, 2.75) is 19.3 Å². The maximum absolute atomic E-state index is 11.8. The highest BCUT2D eigenvalue weighted by molar-refractivity contribution is 5.96. The number of nitrogens with one attached hydrogen (secondary N) is 1. The number of amides is 1. The van der Waals surface area contributed by atoms with Crippen LogP contribution in [0.15, 0.2) is 24.3 Å². The van der Waals surface area contributed by atoms with Crippen LogP contribution in [-0.2, 0) is 4.79 Å². The topological polar surface area (TPSA) is 55.4 Å². The highest BCUT2D eigenvalue weighted by atomic mass is 16.5. The third-order valence-corrected chi connectivity index (χ3v) is 2.61. The van der Waals surface area contributed by atoms with Crippen LogP contribution in [0, 0.1) is 12.3 Å². The van der Waals surface area contributed by atoms with E-state index in [-0.39, 0.29) is 18.2 Å². The zero-order valence-electron chi connectivity index (χ0n) is 10.9. The molecule has 1 N–H and O–H groups in total. The predicted molar refractivity (Wildman–Crippen MR) is 73.0 cm³/mol. The van der Waals surface area contributed by atoms with Crippen molar-refractivity contribution in [3.63, 3.8) is 0 Å². The first-order valence-electron chi connectivity index (χ1n) is 6.04. The van der Waals surface area contributed by atoms with Gasteiger partial charge < -0.3 is 10.1 Å². The largest absolute Gasteiger partial charge is 0.497 e. The molecule has 0 atom stereocenters. The number of benzene rings is 1. The van der Waals surface area contributed by atoms with E-state index in [4.69, 9.17) is 11.2 Å². The Bertz CT molecular complexity index is 471. The maximum atomic E-state index is 11.8. The minimum Gasteiger partial charge on any atom is -0.497 e. The smallest absolute Gasteiger partial charge is 0.220 e. The maximum Gasteiger partial charge on any atom is 0.220 e. The number of Topliss-reactive ketones (excluding diaryl/α,β-unsaturated/α-hetero) is 1. The van der Waals surface area contributed by atoms with Crippen molar-refractivity contribution in [2.75, 3.05) is 13.7 Å². The van der Waals surface area contributed by atoms with Gasteiger partial charge >= 0.3 is 0 Å². The fourth-order valence-corrected chi connectivity index (χ4v) is 1.57. The molecule has 1 rings (SSSR count). The van der Waals surface area contributed by atoms with E-state index in [1.54, 1.807) is 31.4 Å². The second-order valence-electron chi connectivity index (χ2n) is 3.99. The number of methoxy groups -OCH3 is 1. The summed E-state index contributed by atoms with van der Waals surface area (Å²) < 4.78 is 5.02. The summed E-state index contributed by atoms with van der Waals surface area (Å²) in [6.07, 6.45) is 6.19. The van der Waals surface area contributed by atoms with E-state index in [1.165, 1.54) is 0 Å². The Morgan fingerprint density at radius 3 is 2.53 bits per heavy atom. The van der Waals surface area contributed by atoms with Crippen molar-refractivity contribution >= 4 is 11.7 Å². The van der Waals surface area contributed by atoms with Crippen LogP contribution >= 0.6 is 0 Å². The Hall–Kier alpha value is -2.28. The monoisotopic (exact) mass is 259 g/mol. The summed E-state index contributed by atoms with van der Waals surface area (Å²) >= 11 is 0.